The van der Waals surface area contributed by atoms with Crippen molar-refractivity contribution >= 4 is 0 Å². The summed E-state index contributed by atoms with van der Waals surface area (Å²) in [5.41, 5.74) is 0.0932. The molecule has 0 atom stereocenters. The first kappa shape index (κ1) is 11.1. The molecule has 88 valence electrons. The third-order valence-electron chi connectivity index (χ3n) is 2.37. The van der Waals surface area contributed by atoms with Gasteiger partial charge in [0.25, 0.3) is 0 Å². The first-order valence-electron chi connectivity index (χ1n) is 4.94. The van der Waals surface area contributed by atoms with Crippen molar-refractivity contribution < 1.29 is 4.42 Å². The van der Waals surface area contributed by atoms with E-state index in [1.165, 1.54) is 7.05 Å². The molecular formula is C11H10N2O4. The van der Waals surface area contributed by atoms with Crippen LogP contribution in [0.1, 0.15) is 5.56 Å². The molecule has 0 aliphatic carbocycles. The molecule has 0 saturated heterocycles. The van der Waals surface area contributed by atoms with Crippen LogP contribution in [0.4, 0.5) is 0 Å². The fraction of sp³-hybridized carbons (Fsp3) is 0.182. The lowest BCUT2D eigenvalue weighted by molar-refractivity contribution is 0.343. The number of hydrogen-bond acceptors (Lipinski definition) is 4. The molecule has 6 heteroatoms. The molecule has 0 spiro atoms. The van der Waals surface area contributed by atoms with Crippen LogP contribution in [-0.2, 0) is 13.6 Å². The van der Waals surface area contributed by atoms with Crippen molar-refractivity contribution in [3.05, 3.63) is 67.5 Å². The van der Waals surface area contributed by atoms with E-state index in [0.29, 0.717) is 0 Å². The van der Waals surface area contributed by atoms with Gasteiger partial charge < -0.3 is 4.42 Å². The van der Waals surface area contributed by atoms with Gasteiger partial charge in [-0.1, -0.05) is 30.3 Å². The number of benzene rings is 1. The summed E-state index contributed by atoms with van der Waals surface area (Å²) in [5.74, 6) is -1.90. The third-order valence-corrected chi connectivity index (χ3v) is 2.37. The largest absolute Gasteiger partial charge is 0.427 e. The van der Waals surface area contributed by atoms with Crippen molar-refractivity contribution in [1.82, 2.24) is 9.13 Å². The molecule has 6 nitrogen and oxygen atoms in total. The van der Waals surface area contributed by atoms with Gasteiger partial charge in [0, 0.05) is 7.05 Å². The van der Waals surface area contributed by atoms with Crippen LogP contribution in [0.2, 0.25) is 0 Å². The minimum atomic E-state index is -0.954. The van der Waals surface area contributed by atoms with Gasteiger partial charge >= 0.3 is 17.2 Å². The summed E-state index contributed by atoms with van der Waals surface area (Å²) in [6.45, 7) is 0.0795. The van der Waals surface area contributed by atoms with E-state index in [9.17, 15) is 14.4 Å². The summed E-state index contributed by atoms with van der Waals surface area (Å²) in [6.07, 6.45) is 0. The lowest BCUT2D eigenvalue weighted by atomic mass is 10.2. The molecule has 0 radical (unpaired) electrons. The predicted octanol–water partition coefficient (Wildman–Crippen LogP) is -0.452. The monoisotopic (exact) mass is 234 g/mol. The van der Waals surface area contributed by atoms with Crippen molar-refractivity contribution in [1.29, 1.82) is 0 Å². The van der Waals surface area contributed by atoms with Crippen LogP contribution in [0.25, 0.3) is 0 Å². The average molecular weight is 234 g/mol. The van der Waals surface area contributed by atoms with Crippen LogP contribution in [0.5, 0.6) is 0 Å². The van der Waals surface area contributed by atoms with Crippen LogP contribution in [0.15, 0.2) is 49.1 Å². The first-order chi connectivity index (χ1) is 8.09. The van der Waals surface area contributed by atoms with Gasteiger partial charge in [0.2, 0.25) is 0 Å². The van der Waals surface area contributed by atoms with Crippen molar-refractivity contribution in [2.45, 2.75) is 6.54 Å². The number of rotatable bonds is 2. The quantitative estimate of drug-likeness (QED) is 0.705. The van der Waals surface area contributed by atoms with E-state index in [2.05, 4.69) is 4.42 Å². The van der Waals surface area contributed by atoms with E-state index in [1.807, 2.05) is 6.07 Å². The molecule has 1 heterocycles. The standard InChI is InChI=1S/C11H10N2O4/c1-12-9(14)13(11(16)17-10(12)15)7-8-5-3-2-4-6-8/h2-6H,7H2,1H3. The third kappa shape index (κ3) is 2.10. The molecule has 17 heavy (non-hydrogen) atoms. The fourth-order valence-electron chi connectivity index (χ4n) is 1.43. The summed E-state index contributed by atoms with van der Waals surface area (Å²) < 4.78 is 6.03. The second-order valence-electron chi connectivity index (χ2n) is 3.55. The SMILES string of the molecule is Cn1c(=O)oc(=O)n(Cc2ccccc2)c1=O. The van der Waals surface area contributed by atoms with Gasteiger partial charge in [-0.2, -0.15) is 0 Å². The Morgan fingerprint density at radius 1 is 1.06 bits per heavy atom. The second-order valence-corrected chi connectivity index (χ2v) is 3.55. The Bertz CT molecular complexity index is 694. The molecule has 2 rings (SSSR count). The Balaban J connectivity index is 2.55. The molecule has 1 aromatic heterocycles. The molecule has 0 aliphatic rings. The lowest BCUT2D eigenvalue weighted by Gasteiger charge is -2.04. The van der Waals surface area contributed by atoms with Crippen LogP contribution in [0, 0.1) is 0 Å². The van der Waals surface area contributed by atoms with Gasteiger partial charge in [0.1, 0.15) is 0 Å². The summed E-state index contributed by atoms with van der Waals surface area (Å²) >= 11 is 0. The van der Waals surface area contributed by atoms with Gasteiger partial charge in [0.05, 0.1) is 6.54 Å². The molecule has 0 aliphatic heterocycles. The maximum absolute atomic E-state index is 11.7. The zero-order chi connectivity index (χ0) is 12.4. The van der Waals surface area contributed by atoms with E-state index < -0.39 is 17.2 Å². The van der Waals surface area contributed by atoms with E-state index in [4.69, 9.17) is 0 Å². The molecule has 2 aromatic rings. The summed E-state index contributed by atoms with van der Waals surface area (Å²) in [5, 5.41) is 0. The summed E-state index contributed by atoms with van der Waals surface area (Å²) in [6, 6.07) is 8.97. The normalized spacial score (nSPS) is 10.4. The van der Waals surface area contributed by atoms with Gasteiger partial charge in [-0.25, -0.2) is 23.5 Å². The Kier molecular flexibility index (Phi) is 2.78. The summed E-state index contributed by atoms with van der Waals surface area (Å²) in [4.78, 5) is 34.1. The topological polar surface area (TPSA) is 74.2 Å². The molecule has 0 N–H and O–H groups in total. The highest BCUT2D eigenvalue weighted by Crippen LogP contribution is 1.98. The molecule has 1 aromatic carbocycles. The van der Waals surface area contributed by atoms with Crippen molar-refractivity contribution in [2.75, 3.05) is 0 Å². The second kappa shape index (κ2) is 4.25. The molecule has 0 saturated carbocycles. The first-order valence-corrected chi connectivity index (χ1v) is 4.94. The fourth-order valence-corrected chi connectivity index (χ4v) is 1.43. The molecule has 0 amide bonds. The smallest absolute Gasteiger partial charge is 0.358 e. The number of aromatic nitrogens is 2. The van der Waals surface area contributed by atoms with Crippen molar-refractivity contribution in [3.8, 4) is 0 Å². The zero-order valence-corrected chi connectivity index (χ0v) is 9.12. The molecule has 0 unspecified atom stereocenters. The Hall–Kier alpha value is -2.37. The van der Waals surface area contributed by atoms with E-state index in [1.54, 1.807) is 24.3 Å². The van der Waals surface area contributed by atoms with E-state index >= 15 is 0 Å². The summed E-state index contributed by atoms with van der Waals surface area (Å²) in [7, 11) is 1.26. The minimum absolute atomic E-state index is 0.0795. The molecular weight excluding hydrogens is 224 g/mol. The van der Waals surface area contributed by atoms with Crippen LogP contribution >= 0.6 is 0 Å². The number of nitrogens with zero attached hydrogens (tertiary/aromatic N) is 2. The van der Waals surface area contributed by atoms with Crippen LogP contribution < -0.4 is 17.2 Å². The maximum atomic E-state index is 11.7. The van der Waals surface area contributed by atoms with E-state index in [0.717, 1.165) is 14.7 Å². The van der Waals surface area contributed by atoms with Gasteiger partial charge in [-0.3, -0.25) is 0 Å². The van der Waals surface area contributed by atoms with Gasteiger partial charge in [-0.15, -0.1) is 0 Å². The highest BCUT2D eigenvalue weighted by Gasteiger charge is 2.08. The van der Waals surface area contributed by atoms with Crippen molar-refractivity contribution in [2.24, 2.45) is 7.05 Å². The maximum Gasteiger partial charge on any atom is 0.427 e. The van der Waals surface area contributed by atoms with Gasteiger partial charge in [-0.05, 0) is 5.56 Å². The minimum Gasteiger partial charge on any atom is -0.358 e. The highest BCUT2D eigenvalue weighted by atomic mass is 16.5. The van der Waals surface area contributed by atoms with Crippen LogP contribution in [0.3, 0.4) is 0 Å². The Morgan fingerprint density at radius 2 is 1.71 bits per heavy atom. The van der Waals surface area contributed by atoms with Crippen molar-refractivity contribution in [3.63, 3.8) is 0 Å². The average Bonchev–Trinajstić information content (AvgIpc) is 2.33. The van der Waals surface area contributed by atoms with Crippen LogP contribution in [-0.4, -0.2) is 9.13 Å². The number of hydrogen-bond donors (Lipinski definition) is 0. The highest BCUT2D eigenvalue weighted by molar-refractivity contribution is 5.14. The predicted molar refractivity (Wildman–Crippen MR) is 60.0 cm³/mol. The molecule has 0 fully saturated rings. The zero-order valence-electron chi connectivity index (χ0n) is 9.12. The van der Waals surface area contributed by atoms with E-state index in [-0.39, 0.29) is 6.54 Å². The molecule has 0 bridgehead atoms. The Labute approximate surface area is 95.4 Å². The van der Waals surface area contributed by atoms with Gasteiger partial charge in [0.15, 0.2) is 0 Å². The Morgan fingerprint density at radius 3 is 2.35 bits per heavy atom. The lowest BCUT2D eigenvalue weighted by Crippen LogP contribution is -2.45.